The topological polar surface area (TPSA) is 77.2 Å². The van der Waals surface area contributed by atoms with Gasteiger partial charge in [-0.05, 0) is 60.5 Å². The summed E-state index contributed by atoms with van der Waals surface area (Å²) in [5, 5.41) is 11.0. The van der Waals surface area contributed by atoms with Gasteiger partial charge in [0.1, 0.15) is 5.75 Å². The van der Waals surface area contributed by atoms with Gasteiger partial charge in [-0.25, -0.2) is 0 Å². The number of rotatable bonds is 7. The first-order chi connectivity index (χ1) is 15.5. The number of amides is 1. The van der Waals surface area contributed by atoms with Crippen molar-refractivity contribution in [2.45, 2.75) is 20.1 Å². The lowest BCUT2D eigenvalue weighted by atomic mass is 10.1. The van der Waals surface area contributed by atoms with Gasteiger partial charge in [0.2, 0.25) is 11.8 Å². The molecule has 162 valence electrons. The SMILES string of the molecule is Cc1ccccc1-c1nnc(-c2ccc(C(=O)NCc3ccc(OC(F)F)cc3)cc2)o1. The van der Waals surface area contributed by atoms with Crippen molar-refractivity contribution in [3.8, 4) is 28.7 Å². The second kappa shape index (κ2) is 9.38. The minimum Gasteiger partial charge on any atom is -0.435 e. The zero-order chi connectivity index (χ0) is 22.5. The summed E-state index contributed by atoms with van der Waals surface area (Å²) in [6.07, 6.45) is 0. The number of carbonyl (C=O) groups excluding carboxylic acids is 1. The average Bonchev–Trinajstić information content (AvgIpc) is 3.28. The molecule has 0 unspecified atom stereocenters. The van der Waals surface area contributed by atoms with E-state index in [1.165, 1.54) is 12.1 Å². The first-order valence-electron chi connectivity index (χ1n) is 9.81. The maximum absolute atomic E-state index is 12.4. The summed E-state index contributed by atoms with van der Waals surface area (Å²) < 4.78 is 34.5. The number of alkyl halides is 2. The maximum atomic E-state index is 12.4. The van der Waals surface area contributed by atoms with Gasteiger partial charge in [-0.3, -0.25) is 4.79 Å². The second-order valence-corrected chi connectivity index (χ2v) is 7.01. The van der Waals surface area contributed by atoms with Crippen LogP contribution in [0.15, 0.2) is 77.2 Å². The van der Waals surface area contributed by atoms with Crippen LogP contribution in [0.4, 0.5) is 8.78 Å². The van der Waals surface area contributed by atoms with Crippen molar-refractivity contribution in [1.29, 1.82) is 0 Å². The summed E-state index contributed by atoms with van der Waals surface area (Å²) in [7, 11) is 0. The fraction of sp³-hybridized carbons (Fsp3) is 0.125. The number of nitrogens with zero attached hydrogens (tertiary/aromatic N) is 2. The first kappa shape index (κ1) is 21.2. The number of hydrogen-bond donors (Lipinski definition) is 1. The van der Waals surface area contributed by atoms with E-state index in [1.54, 1.807) is 36.4 Å². The Balaban J connectivity index is 1.38. The average molecular weight is 435 g/mol. The van der Waals surface area contributed by atoms with Crippen LogP contribution in [0.25, 0.3) is 22.9 Å². The molecular formula is C24H19F2N3O3. The lowest BCUT2D eigenvalue weighted by molar-refractivity contribution is -0.0498. The molecule has 1 amide bonds. The van der Waals surface area contributed by atoms with E-state index in [4.69, 9.17) is 4.42 Å². The van der Waals surface area contributed by atoms with Gasteiger partial charge in [0, 0.05) is 23.2 Å². The van der Waals surface area contributed by atoms with Gasteiger partial charge in [0.25, 0.3) is 5.91 Å². The van der Waals surface area contributed by atoms with Crippen molar-refractivity contribution in [1.82, 2.24) is 15.5 Å². The summed E-state index contributed by atoms with van der Waals surface area (Å²) in [4.78, 5) is 12.4. The Kier molecular flexibility index (Phi) is 6.21. The molecule has 0 atom stereocenters. The third-order valence-electron chi connectivity index (χ3n) is 4.80. The van der Waals surface area contributed by atoms with Crippen LogP contribution in [0.3, 0.4) is 0 Å². The van der Waals surface area contributed by atoms with Gasteiger partial charge >= 0.3 is 6.61 Å². The number of benzene rings is 3. The van der Waals surface area contributed by atoms with Crippen molar-refractivity contribution in [2.24, 2.45) is 0 Å². The van der Waals surface area contributed by atoms with Crippen LogP contribution < -0.4 is 10.1 Å². The standard InChI is InChI=1S/C24H19F2N3O3/c1-15-4-2-3-5-20(15)23-29-28-22(32-23)18-10-8-17(9-11-18)21(30)27-14-16-6-12-19(13-7-16)31-24(25)26/h2-13,24H,14H2,1H3,(H,27,30). The molecule has 3 aromatic carbocycles. The smallest absolute Gasteiger partial charge is 0.387 e. The van der Waals surface area contributed by atoms with E-state index in [0.717, 1.165) is 16.7 Å². The lowest BCUT2D eigenvalue weighted by Crippen LogP contribution is -2.22. The summed E-state index contributed by atoms with van der Waals surface area (Å²) in [6.45, 7) is -0.651. The number of aromatic nitrogens is 2. The summed E-state index contributed by atoms with van der Waals surface area (Å²) in [5.41, 5.74) is 3.82. The van der Waals surface area contributed by atoms with E-state index in [9.17, 15) is 13.6 Å². The fourth-order valence-corrected chi connectivity index (χ4v) is 3.10. The molecule has 32 heavy (non-hydrogen) atoms. The molecule has 0 spiro atoms. The molecule has 1 heterocycles. The molecule has 0 aliphatic heterocycles. The largest absolute Gasteiger partial charge is 0.435 e. The second-order valence-electron chi connectivity index (χ2n) is 7.01. The van der Waals surface area contributed by atoms with Crippen LogP contribution in [-0.2, 0) is 6.54 Å². The molecule has 0 bridgehead atoms. The van der Waals surface area contributed by atoms with Crippen molar-refractivity contribution in [2.75, 3.05) is 0 Å². The predicted molar refractivity (Wildman–Crippen MR) is 114 cm³/mol. The zero-order valence-corrected chi connectivity index (χ0v) is 17.1. The molecule has 0 aliphatic carbocycles. The summed E-state index contributed by atoms with van der Waals surface area (Å²) >= 11 is 0. The number of halogens is 2. The van der Waals surface area contributed by atoms with Crippen molar-refractivity contribution in [3.05, 3.63) is 89.5 Å². The highest BCUT2D eigenvalue weighted by molar-refractivity contribution is 5.94. The zero-order valence-electron chi connectivity index (χ0n) is 17.1. The number of aryl methyl sites for hydroxylation is 1. The number of nitrogens with one attached hydrogen (secondary N) is 1. The quantitative estimate of drug-likeness (QED) is 0.429. The van der Waals surface area contributed by atoms with E-state index >= 15 is 0 Å². The number of carbonyl (C=O) groups is 1. The molecule has 4 rings (SSSR count). The monoisotopic (exact) mass is 435 g/mol. The van der Waals surface area contributed by atoms with Gasteiger partial charge in [-0.15, -0.1) is 10.2 Å². The van der Waals surface area contributed by atoms with Gasteiger partial charge < -0.3 is 14.5 Å². The Labute approximate surface area is 182 Å². The molecule has 0 saturated carbocycles. The molecule has 1 N–H and O–H groups in total. The van der Waals surface area contributed by atoms with Crippen molar-refractivity contribution in [3.63, 3.8) is 0 Å². The number of ether oxygens (including phenoxy) is 1. The molecule has 0 radical (unpaired) electrons. The Morgan fingerprint density at radius 1 is 0.969 bits per heavy atom. The highest BCUT2D eigenvalue weighted by atomic mass is 19.3. The third-order valence-corrected chi connectivity index (χ3v) is 4.80. The molecule has 1 aromatic heterocycles. The first-order valence-corrected chi connectivity index (χ1v) is 9.81. The molecule has 0 fully saturated rings. The molecule has 4 aromatic rings. The molecule has 0 saturated heterocycles. The maximum Gasteiger partial charge on any atom is 0.387 e. The highest BCUT2D eigenvalue weighted by Gasteiger charge is 2.13. The Morgan fingerprint density at radius 3 is 2.34 bits per heavy atom. The van der Waals surface area contributed by atoms with Crippen molar-refractivity contribution < 1.29 is 22.7 Å². The van der Waals surface area contributed by atoms with E-state index in [-0.39, 0.29) is 18.2 Å². The van der Waals surface area contributed by atoms with E-state index < -0.39 is 6.61 Å². The molecular weight excluding hydrogens is 416 g/mol. The van der Waals surface area contributed by atoms with Crippen LogP contribution in [0, 0.1) is 6.92 Å². The van der Waals surface area contributed by atoms with E-state index in [0.29, 0.717) is 22.9 Å². The van der Waals surface area contributed by atoms with Crippen LogP contribution >= 0.6 is 0 Å². The fourth-order valence-electron chi connectivity index (χ4n) is 3.10. The third kappa shape index (κ3) is 4.97. The van der Waals surface area contributed by atoms with Gasteiger partial charge in [-0.1, -0.05) is 30.3 Å². The minimum atomic E-state index is -2.87. The minimum absolute atomic E-state index is 0.0669. The predicted octanol–water partition coefficient (Wildman–Crippen LogP) is 5.24. The Hall–Kier alpha value is -4.07. The van der Waals surface area contributed by atoms with Gasteiger partial charge in [-0.2, -0.15) is 8.78 Å². The Bertz CT molecular complexity index is 1210. The Morgan fingerprint density at radius 2 is 1.66 bits per heavy atom. The van der Waals surface area contributed by atoms with E-state index in [2.05, 4.69) is 20.3 Å². The highest BCUT2D eigenvalue weighted by Crippen LogP contribution is 2.26. The van der Waals surface area contributed by atoms with Crippen LogP contribution in [0.5, 0.6) is 5.75 Å². The van der Waals surface area contributed by atoms with Crippen molar-refractivity contribution >= 4 is 5.91 Å². The normalized spacial score (nSPS) is 10.9. The van der Waals surface area contributed by atoms with Gasteiger partial charge in [0.15, 0.2) is 0 Å². The van der Waals surface area contributed by atoms with Crippen LogP contribution in [0.1, 0.15) is 21.5 Å². The molecule has 0 aliphatic rings. The summed E-state index contributed by atoms with van der Waals surface area (Å²) in [6, 6.07) is 20.6. The molecule has 8 heteroatoms. The molecule has 6 nitrogen and oxygen atoms in total. The summed E-state index contributed by atoms with van der Waals surface area (Å²) in [5.74, 6) is 0.596. The van der Waals surface area contributed by atoms with Crippen LogP contribution in [0.2, 0.25) is 0 Å². The van der Waals surface area contributed by atoms with Crippen LogP contribution in [-0.4, -0.2) is 22.7 Å². The lowest BCUT2D eigenvalue weighted by Gasteiger charge is -2.08. The number of hydrogen-bond acceptors (Lipinski definition) is 5. The van der Waals surface area contributed by atoms with Gasteiger partial charge in [0.05, 0.1) is 0 Å². The van der Waals surface area contributed by atoms with E-state index in [1.807, 2.05) is 31.2 Å².